The molecule has 0 radical (unpaired) electrons. The zero-order valence-electron chi connectivity index (χ0n) is 11.0. The smallest absolute Gasteiger partial charge is 0.223 e. The number of carbonyl (C=O) groups excluding carboxylic acids is 1. The lowest BCUT2D eigenvalue weighted by molar-refractivity contribution is -0.122. The van der Waals surface area contributed by atoms with E-state index in [4.69, 9.17) is 9.84 Å². The van der Waals surface area contributed by atoms with E-state index in [1.807, 2.05) is 24.3 Å². The van der Waals surface area contributed by atoms with E-state index in [-0.39, 0.29) is 12.5 Å². The molecular formula is C14H21NO3. The molecule has 0 bridgehead atoms. The van der Waals surface area contributed by atoms with Crippen LogP contribution in [0.25, 0.3) is 0 Å². The molecule has 0 aromatic heterocycles. The number of hydrogen-bond acceptors (Lipinski definition) is 3. The van der Waals surface area contributed by atoms with E-state index in [1.54, 1.807) is 6.92 Å². The van der Waals surface area contributed by atoms with Gasteiger partial charge in [0.1, 0.15) is 5.75 Å². The molecule has 0 saturated carbocycles. The Morgan fingerprint density at radius 2 is 2.06 bits per heavy atom. The first-order valence-corrected chi connectivity index (χ1v) is 6.28. The number of aliphatic hydroxyl groups is 1. The van der Waals surface area contributed by atoms with Gasteiger partial charge in [-0.25, -0.2) is 0 Å². The van der Waals surface area contributed by atoms with Gasteiger partial charge >= 0.3 is 0 Å². The maximum atomic E-state index is 11.3. The number of carbonyl (C=O) groups is 1. The van der Waals surface area contributed by atoms with Gasteiger partial charge in [0.15, 0.2) is 0 Å². The van der Waals surface area contributed by atoms with E-state index in [0.717, 1.165) is 12.2 Å². The van der Waals surface area contributed by atoms with Crippen LogP contribution in [0.3, 0.4) is 0 Å². The minimum Gasteiger partial charge on any atom is -0.493 e. The third-order valence-electron chi connectivity index (χ3n) is 2.52. The van der Waals surface area contributed by atoms with Crippen molar-refractivity contribution < 1.29 is 14.6 Å². The molecule has 18 heavy (non-hydrogen) atoms. The molecule has 2 N–H and O–H groups in total. The third-order valence-corrected chi connectivity index (χ3v) is 2.52. The van der Waals surface area contributed by atoms with Crippen molar-refractivity contribution in [3.63, 3.8) is 0 Å². The molecule has 4 nitrogen and oxygen atoms in total. The van der Waals surface area contributed by atoms with E-state index < -0.39 is 6.10 Å². The van der Waals surface area contributed by atoms with Gasteiger partial charge in [-0.05, 0) is 31.0 Å². The Hall–Kier alpha value is -1.55. The molecule has 1 rings (SSSR count). The van der Waals surface area contributed by atoms with Crippen molar-refractivity contribution >= 4 is 5.91 Å². The van der Waals surface area contributed by atoms with Crippen molar-refractivity contribution in [3.8, 4) is 5.75 Å². The van der Waals surface area contributed by atoms with Crippen molar-refractivity contribution in [2.45, 2.75) is 32.8 Å². The number of benzene rings is 1. The summed E-state index contributed by atoms with van der Waals surface area (Å²) in [6.45, 7) is 4.36. The number of aryl methyl sites for hydroxylation is 1. The van der Waals surface area contributed by atoms with Gasteiger partial charge in [0, 0.05) is 6.54 Å². The highest BCUT2D eigenvalue weighted by molar-refractivity contribution is 5.75. The van der Waals surface area contributed by atoms with Crippen LogP contribution in [0.1, 0.15) is 25.8 Å². The summed E-state index contributed by atoms with van der Waals surface area (Å²) in [5, 5.41) is 11.6. The summed E-state index contributed by atoms with van der Waals surface area (Å²) in [4.78, 5) is 11.3. The van der Waals surface area contributed by atoms with Gasteiger partial charge in [-0.1, -0.05) is 19.1 Å². The molecule has 4 heteroatoms. The summed E-state index contributed by atoms with van der Waals surface area (Å²) in [6, 6.07) is 7.85. The molecule has 0 spiro atoms. The average Bonchev–Trinajstić information content (AvgIpc) is 2.37. The maximum Gasteiger partial charge on any atom is 0.223 e. The fourth-order valence-electron chi connectivity index (χ4n) is 1.43. The van der Waals surface area contributed by atoms with Crippen molar-refractivity contribution in [2.75, 3.05) is 13.2 Å². The number of hydrogen-bond donors (Lipinski definition) is 2. The van der Waals surface area contributed by atoms with Crippen molar-refractivity contribution in [3.05, 3.63) is 29.8 Å². The Morgan fingerprint density at radius 3 is 2.61 bits per heavy atom. The van der Waals surface area contributed by atoms with Crippen LogP contribution >= 0.6 is 0 Å². The van der Waals surface area contributed by atoms with Crippen LogP contribution in [0, 0.1) is 0 Å². The van der Waals surface area contributed by atoms with Gasteiger partial charge < -0.3 is 15.2 Å². The molecule has 1 aromatic carbocycles. The van der Waals surface area contributed by atoms with Crippen LogP contribution in [-0.4, -0.2) is 30.3 Å². The molecule has 0 fully saturated rings. The SMILES string of the molecule is CCc1ccc(OCCC(=O)NCC(C)O)cc1. The van der Waals surface area contributed by atoms with Crippen LogP contribution in [0.2, 0.25) is 0 Å². The molecule has 1 unspecified atom stereocenters. The Labute approximate surface area is 108 Å². The highest BCUT2D eigenvalue weighted by atomic mass is 16.5. The van der Waals surface area contributed by atoms with Gasteiger partial charge in [-0.2, -0.15) is 0 Å². The summed E-state index contributed by atoms with van der Waals surface area (Å²) in [6.07, 6.45) is 0.779. The second kappa shape index (κ2) is 7.71. The normalized spacial score (nSPS) is 11.9. The fourth-order valence-corrected chi connectivity index (χ4v) is 1.43. The summed E-state index contributed by atoms with van der Waals surface area (Å²) < 4.78 is 5.46. The Balaban J connectivity index is 2.22. The van der Waals surface area contributed by atoms with Crippen LogP contribution in [-0.2, 0) is 11.2 Å². The van der Waals surface area contributed by atoms with Crippen LogP contribution < -0.4 is 10.1 Å². The van der Waals surface area contributed by atoms with Gasteiger partial charge in [0.2, 0.25) is 5.91 Å². The Kier molecular flexibility index (Phi) is 6.22. The zero-order chi connectivity index (χ0) is 13.4. The van der Waals surface area contributed by atoms with Crippen molar-refractivity contribution in [1.82, 2.24) is 5.32 Å². The first kappa shape index (κ1) is 14.5. The molecular weight excluding hydrogens is 230 g/mol. The van der Waals surface area contributed by atoms with Crippen molar-refractivity contribution in [2.24, 2.45) is 0 Å². The van der Waals surface area contributed by atoms with E-state index in [9.17, 15) is 4.79 Å². The molecule has 1 aromatic rings. The van der Waals surface area contributed by atoms with E-state index in [1.165, 1.54) is 5.56 Å². The average molecular weight is 251 g/mol. The largest absolute Gasteiger partial charge is 0.493 e. The van der Waals surface area contributed by atoms with Gasteiger partial charge in [-0.3, -0.25) is 4.79 Å². The zero-order valence-corrected chi connectivity index (χ0v) is 11.0. The predicted octanol–water partition coefficient (Wildman–Crippen LogP) is 1.51. The maximum absolute atomic E-state index is 11.3. The van der Waals surface area contributed by atoms with E-state index in [2.05, 4.69) is 12.2 Å². The van der Waals surface area contributed by atoms with Crippen molar-refractivity contribution in [1.29, 1.82) is 0 Å². The minimum atomic E-state index is -0.517. The number of aliphatic hydroxyl groups excluding tert-OH is 1. The topological polar surface area (TPSA) is 58.6 Å². The molecule has 0 aliphatic carbocycles. The lowest BCUT2D eigenvalue weighted by Gasteiger charge is -2.08. The highest BCUT2D eigenvalue weighted by Gasteiger charge is 2.03. The van der Waals surface area contributed by atoms with Gasteiger partial charge in [0.25, 0.3) is 0 Å². The molecule has 1 atom stereocenters. The molecule has 1 amide bonds. The minimum absolute atomic E-state index is 0.110. The van der Waals surface area contributed by atoms with Crippen LogP contribution in [0.5, 0.6) is 5.75 Å². The Bertz CT molecular complexity index is 360. The highest BCUT2D eigenvalue weighted by Crippen LogP contribution is 2.12. The monoisotopic (exact) mass is 251 g/mol. The molecule has 100 valence electrons. The number of amides is 1. The lowest BCUT2D eigenvalue weighted by Crippen LogP contribution is -2.31. The summed E-state index contributed by atoms with van der Waals surface area (Å²) >= 11 is 0. The number of nitrogens with one attached hydrogen (secondary N) is 1. The van der Waals surface area contributed by atoms with Gasteiger partial charge in [-0.15, -0.1) is 0 Å². The first-order chi connectivity index (χ1) is 8.61. The van der Waals surface area contributed by atoms with Gasteiger partial charge in [0.05, 0.1) is 19.1 Å². The summed E-state index contributed by atoms with van der Waals surface area (Å²) in [7, 11) is 0. The molecule has 0 saturated heterocycles. The molecule has 0 aliphatic heterocycles. The first-order valence-electron chi connectivity index (χ1n) is 6.28. The standard InChI is InChI=1S/C14H21NO3/c1-3-12-4-6-13(7-5-12)18-9-8-14(17)15-10-11(2)16/h4-7,11,16H,3,8-10H2,1-2H3,(H,15,17). The summed E-state index contributed by atoms with van der Waals surface area (Å²) in [5.41, 5.74) is 1.26. The number of ether oxygens (including phenoxy) is 1. The predicted molar refractivity (Wildman–Crippen MR) is 70.6 cm³/mol. The molecule has 0 heterocycles. The second-order valence-electron chi connectivity index (χ2n) is 4.25. The lowest BCUT2D eigenvalue weighted by atomic mass is 10.2. The van der Waals surface area contributed by atoms with Crippen LogP contribution in [0.4, 0.5) is 0 Å². The number of rotatable bonds is 7. The van der Waals surface area contributed by atoms with E-state index >= 15 is 0 Å². The molecule has 0 aliphatic rings. The van der Waals surface area contributed by atoms with Crippen LogP contribution in [0.15, 0.2) is 24.3 Å². The quantitative estimate of drug-likeness (QED) is 0.772. The second-order valence-corrected chi connectivity index (χ2v) is 4.25. The Morgan fingerprint density at radius 1 is 1.39 bits per heavy atom. The summed E-state index contributed by atoms with van der Waals surface area (Å²) in [5.74, 6) is 0.664. The van der Waals surface area contributed by atoms with E-state index in [0.29, 0.717) is 13.0 Å². The fraction of sp³-hybridized carbons (Fsp3) is 0.500. The third kappa shape index (κ3) is 5.68.